The molecule has 0 radical (unpaired) electrons. The maximum absolute atomic E-state index is 12.7. The van der Waals surface area contributed by atoms with Gasteiger partial charge in [-0.2, -0.15) is 15.2 Å². The van der Waals surface area contributed by atoms with Crippen molar-refractivity contribution in [1.82, 2.24) is 24.7 Å². The van der Waals surface area contributed by atoms with Crippen LogP contribution in [0.25, 0.3) is 15.3 Å². The van der Waals surface area contributed by atoms with Gasteiger partial charge in [0.15, 0.2) is 17.3 Å². The molecule has 49 heavy (non-hydrogen) atoms. The first-order valence-electron chi connectivity index (χ1n) is 16.3. The number of carbonyl (C=O) groups excluding carboxylic acids is 1. The highest BCUT2D eigenvalue weighted by molar-refractivity contribution is 7.20. The number of esters is 1. The molecule has 0 bridgehead atoms. The summed E-state index contributed by atoms with van der Waals surface area (Å²) in [4.78, 5) is 26.7. The molecule has 0 saturated carbocycles. The summed E-state index contributed by atoms with van der Waals surface area (Å²) in [5.41, 5.74) is 0.851. The molecule has 15 nitrogen and oxygen atoms in total. The number of anilines is 3. The topological polar surface area (TPSA) is 186 Å². The van der Waals surface area contributed by atoms with Crippen molar-refractivity contribution in [1.29, 1.82) is 5.26 Å². The SMILES string of the molecule is CCC(C)(CC)C(=O)OCCCNc1nc(NC(C)COC)nc(NC(C)COC)c1/N=N\c1nn(-c2nc3ccccc3s2)cc1C#N. The van der Waals surface area contributed by atoms with E-state index in [0.717, 1.165) is 10.2 Å². The fraction of sp³-hybridized carbons (Fsp3) is 0.515. The average molecular weight is 692 g/mol. The number of thiazole rings is 1. The van der Waals surface area contributed by atoms with Crippen LogP contribution in [0.5, 0.6) is 0 Å². The lowest BCUT2D eigenvalue weighted by molar-refractivity contribution is -0.155. The van der Waals surface area contributed by atoms with Gasteiger partial charge in [-0.3, -0.25) is 4.79 Å². The van der Waals surface area contributed by atoms with E-state index < -0.39 is 5.41 Å². The number of hydrogen-bond acceptors (Lipinski definition) is 15. The van der Waals surface area contributed by atoms with Gasteiger partial charge >= 0.3 is 5.97 Å². The summed E-state index contributed by atoms with van der Waals surface area (Å²) in [6.07, 6.45) is 3.51. The van der Waals surface area contributed by atoms with Crippen molar-refractivity contribution in [2.75, 3.05) is 56.5 Å². The van der Waals surface area contributed by atoms with Gasteiger partial charge in [-0.15, -0.1) is 15.3 Å². The summed E-state index contributed by atoms with van der Waals surface area (Å²) in [5.74, 6) is 1.01. The van der Waals surface area contributed by atoms with E-state index in [-0.39, 0.29) is 36.0 Å². The molecule has 0 spiro atoms. The summed E-state index contributed by atoms with van der Waals surface area (Å²) in [6, 6.07) is 9.67. The van der Waals surface area contributed by atoms with Gasteiger partial charge in [-0.25, -0.2) is 9.67 Å². The number of nitrogens with zero attached hydrogens (tertiary/aromatic N) is 8. The van der Waals surface area contributed by atoms with Gasteiger partial charge in [0.2, 0.25) is 16.9 Å². The average Bonchev–Trinajstić information content (AvgIpc) is 3.71. The number of methoxy groups -OCH3 is 2. The molecule has 0 aliphatic heterocycles. The molecule has 0 aliphatic rings. The number of aromatic nitrogens is 5. The van der Waals surface area contributed by atoms with Crippen LogP contribution in [0.3, 0.4) is 0 Å². The van der Waals surface area contributed by atoms with E-state index >= 15 is 0 Å². The van der Waals surface area contributed by atoms with E-state index in [2.05, 4.69) is 42.3 Å². The van der Waals surface area contributed by atoms with Crippen LogP contribution in [0.2, 0.25) is 0 Å². The molecule has 0 amide bonds. The zero-order valence-electron chi connectivity index (χ0n) is 29.1. The Hall–Kier alpha value is -4.72. The fourth-order valence-corrected chi connectivity index (χ4v) is 5.60. The third-order valence-corrected chi connectivity index (χ3v) is 8.94. The van der Waals surface area contributed by atoms with E-state index in [0.29, 0.717) is 67.4 Å². The Bertz CT molecular complexity index is 1730. The van der Waals surface area contributed by atoms with Crippen molar-refractivity contribution in [3.05, 3.63) is 36.0 Å². The van der Waals surface area contributed by atoms with Gasteiger partial charge in [0.05, 0.1) is 41.6 Å². The molecule has 4 rings (SSSR count). The summed E-state index contributed by atoms with van der Waals surface area (Å²) in [7, 11) is 3.24. The number of ether oxygens (including phenoxy) is 3. The number of carbonyl (C=O) groups is 1. The Morgan fingerprint density at radius 1 is 1.04 bits per heavy atom. The smallest absolute Gasteiger partial charge is 0.311 e. The number of nitriles is 1. The van der Waals surface area contributed by atoms with Crippen molar-refractivity contribution in [2.24, 2.45) is 15.6 Å². The van der Waals surface area contributed by atoms with Crippen LogP contribution in [0.15, 0.2) is 40.7 Å². The third kappa shape index (κ3) is 9.68. The molecule has 3 aromatic heterocycles. The van der Waals surface area contributed by atoms with E-state index in [4.69, 9.17) is 24.2 Å². The van der Waals surface area contributed by atoms with E-state index in [1.807, 2.05) is 58.9 Å². The van der Waals surface area contributed by atoms with E-state index in [1.54, 1.807) is 20.4 Å². The second kappa shape index (κ2) is 17.6. The van der Waals surface area contributed by atoms with Crippen LogP contribution in [0, 0.1) is 16.7 Å². The van der Waals surface area contributed by atoms with Crippen molar-refractivity contribution >= 4 is 56.6 Å². The molecular weight excluding hydrogens is 647 g/mol. The predicted octanol–water partition coefficient (Wildman–Crippen LogP) is 6.62. The van der Waals surface area contributed by atoms with Gasteiger partial charge in [0.25, 0.3) is 0 Å². The van der Waals surface area contributed by atoms with Gasteiger partial charge < -0.3 is 30.2 Å². The zero-order valence-corrected chi connectivity index (χ0v) is 29.9. The first-order valence-corrected chi connectivity index (χ1v) is 17.1. The third-order valence-electron chi connectivity index (χ3n) is 7.91. The molecule has 0 aliphatic carbocycles. The van der Waals surface area contributed by atoms with E-state index in [1.165, 1.54) is 16.0 Å². The molecule has 16 heteroatoms. The van der Waals surface area contributed by atoms with E-state index in [9.17, 15) is 10.1 Å². The quantitative estimate of drug-likeness (QED) is 0.0543. The summed E-state index contributed by atoms with van der Waals surface area (Å²) in [5, 5.41) is 33.9. The lowest BCUT2D eigenvalue weighted by Gasteiger charge is -2.24. The van der Waals surface area contributed by atoms with Gasteiger partial charge in [0, 0.05) is 32.8 Å². The Balaban J connectivity index is 1.66. The summed E-state index contributed by atoms with van der Waals surface area (Å²) in [6.45, 7) is 11.3. The first kappa shape index (κ1) is 37.1. The Kier molecular flexibility index (Phi) is 13.3. The second-order valence-corrected chi connectivity index (χ2v) is 12.9. The van der Waals surface area contributed by atoms with Crippen LogP contribution in [0.1, 0.15) is 59.4 Å². The molecule has 3 N–H and O–H groups in total. The van der Waals surface area contributed by atoms with Crippen LogP contribution in [-0.4, -0.2) is 83.4 Å². The maximum Gasteiger partial charge on any atom is 0.311 e. The predicted molar refractivity (Wildman–Crippen MR) is 190 cm³/mol. The maximum atomic E-state index is 12.7. The van der Waals surface area contributed by atoms with Crippen molar-refractivity contribution in [3.8, 4) is 11.2 Å². The Morgan fingerprint density at radius 2 is 1.73 bits per heavy atom. The Labute approximate surface area is 290 Å². The lowest BCUT2D eigenvalue weighted by atomic mass is 9.85. The second-order valence-electron chi connectivity index (χ2n) is 11.9. The molecule has 0 fully saturated rings. The van der Waals surface area contributed by atoms with Crippen molar-refractivity contribution < 1.29 is 19.0 Å². The zero-order chi connectivity index (χ0) is 35.4. The Morgan fingerprint density at radius 3 is 2.41 bits per heavy atom. The van der Waals surface area contributed by atoms with Crippen LogP contribution >= 0.6 is 11.3 Å². The minimum Gasteiger partial charge on any atom is -0.465 e. The fourth-order valence-electron chi connectivity index (χ4n) is 4.70. The monoisotopic (exact) mass is 691 g/mol. The molecule has 2 atom stereocenters. The molecule has 3 heterocycles. The van der Waals surface area contributed by atoms with Crippen LogP contribution in [0.4, 0.5) is 29.1 Å². The highest BCUT2D eigenvalue weighted by atomic mass is 32.1. The first-order chi connectivity index (χ1) is 23.6. The minimum atomic E-state index is -0.505. The number of hydrogen-bond donors (Lipinski definition) is 3. The standard InChI is InChI=1S/C33H45N11O4S/c1-8-33(5,9-2)30(45)48-16-12-15-35-28-26(29(36-21(3)19-46-6)40-31(39-28)37-22(4)20-47-7)41-42-27-23(17-34)18-44(43-27)32-38-24-13-10-11-14-25(24)49-32/h10-11,13-14,18,21-22H,8-9,12,15-16,19-20H2,1-7H3,(H3,35,36,37,39,40)/b42-41-. The van der Waals surface area contributed by atoms with Crippen LogP contribution in [-0.2, 0) is 19.0 Å². The van der Waals surface area contributed by atoms with Gasteiger partial charge in [-0.1, -0.05) is 37.3 Å². The highest BCUT2D eigenvalue weighted by Gasteiger charge is 2.30. The molecule has 262 valence electrons. The van der Waals surface area contributed by atoms with Crippen molar-refractivity contribution in [3.63, 3.8) is 0 Å². The minimum absolute atomic E-state index is 0.0925. The van der Waals surface area contributed by atoms with Gasteiger partial charge in [0.1, 0.15) is 11.6 Å². The largest absolute Gasteiger partial charge is 0.465 e. The molecule has 1 aromatic carbocycles. The molecule has 0 saturated heterocycles. The number of azo groups is 1. The number of nitrogens with one attached hydrogen (secondary N) is 3. The normalized spacial score (nSPS) is 12.9. The van der Waals surface area contributed by atoms with Crippen molar-refractivity contribution in [2.45, 2.75) is 66.0 Å². The highest BCUT2D eigenvalue weighted by Crippen LogP contribution is 2.35. The van der Waals surface area contributed by atoms with Crippen LogP contribution < -0.4 is 16.0 Å². The number of benzene rings is 1. The van der Waals surface area contributed by atoms with Gasteiger partial charge in [-0.05, 0) is 52.2 Å². The molecule has 4 aromatic rings. The molecule has 2 unspecified atom stereocenters. The summed E-state index contributed by atoms with van der Waals surface area (Å²) >= 11 is 1.45. The molecular formula is C33H45N11O4S. The lowest BCUT2D eigenvalue weighted by Crippen LogP contribution is -2.29. The number of rotatable bonds is 19. The number of fused-ring (bicyclic) bond motifs is 1. The summed E-state index contributed by atoms with van der Waals surface area (Å²) < 4.78 is 18.8. The number of para-hydroxylation sites is 1.